The molecule has 9 aromatic carbocycles. The highest BCUT2D eigenvalue weighted by Crippen LogP contribution is 2.41. The van der Waals surface area contributed by atoms with Crippen LogP contribution in [0.5, 0.6) is 0 Å². The van der Waals surface area contributed by atoms with Gasteiger partial charge in [-0.3, -0.25) is 0 Å². The van der Waals surface area contributed by atoms with Gasteiger partial charge in [0.05, 0.1) is 63.3 Å². The quantitative estimate of drug-likeness (QED) is 0.135. The predicted octanol–water partition coefficient (Wildman–Crippen LogP) is 14.0. The average molecular weight is 958 g/mol. The van der Waals surface area contributed by atoms with Gasteiger partial charge in [-0.1, -0.05) is 133 Å². The lowest BCUT2D eigenvalue weighted by Crippen LogP contribution is -2.05. The summed E-state index contributed by atoms with van der Waals surface area (Å²) in [4.78, 5) is 30.8. The molecule has 3 aromatic heterocycles. The van der Waals surface area contributed by atoms with Crippen molar-refractivity contribution in [2.45, 2.75) is 0 Å². The zero-order valence-corrected chi connectivity index (χ0v) is 39.6. The van der Waals surface area contributed by atoms with E-state index in [1.807, 2.05) is 164 Å². The molecule has 11 heteroatoms. The number of nitriles is 4. The summed E-state index contributed by atoms with van der Waals surface area (Å²) in [5, 5.41) is 41.6. The Morgan fingerprint density at radius 2 is 0.587 bits per heavy atom. The standard InChI is InChI=1S/C64H35N11/c65-36-40-27-41(37-66)30-51(29-40)48-21-24-56-53(33-48)54-34-49(52-31-42(38-67)28-43(32-52)39-68)22-25-57(54)75(56)58-26-23-50(63-71-59(44-13-5-1-6-14-44)69-60(72-63)45-15-7-2-8-16-45)35-55(58)64-73-61(46-17-9-3-10-18-46)70-62(74-64)47-19-11-4-12-20-47/h1-35H. The van der Waals surface area contributed by atoms with Crippen molar-refractivity contribution >= 4 is 21.8 Å². The maximum Gasteiger partial charge on any atom is 0.166 e. The molecule has 0 spiro atoms. The van der Waals surface area contributed by atoms with E-state index in [1.54, 1.807) is 36.4 Å². The van der Waals surface area contributed by atoms with E-state index >= 15 is 0 Å². The Morgan fingerprint density at radius 3 is 0.933 bits per heavy atom. The van der Waals surface area contributed by atoms with Gasteiger partial charge in [-0.2, -0.15) is 21.0 Å². The lowest BCUT2D eigenvalue weighted by molar-refractivity contribution is 1.06. The Morgan fingerprint density at radius 1 is 0.267 bits per heavy atom. The third-order valence-corrected chi connectivity index (χ3v) is 12.9. The van der Waals surface area contributed by atoms with Crippen LogP contribution in [-0.4, -0.2) is 34.5 Å². The van der Waals surface area contributed by atoms with Gasteiger partial charge in [-0.15, -0.1) is 0 Å². The third kappa shape index (κ3) is 8.64. The van der Waals surface area contributed by atoms with Gasteiger partial charge in [-0.25, -0.2) is 29.9 Å². The van der Waals surface area contributed by atoms with E-state index in [0.717, 1.165) is 60.9 Å². The fourth-order valence-corrected chi connectivity index (χ4v) is 9.40. The van der Waals surface area contributed by atoms with Crippen molar-refractivity contribution in [1.82, 2.24) is 34.5 Å². The predicted molar refractivity (Wildman–Crippen MR) is 290 cm³/mol. The van der Waals surface area contributed by atoms with Gasteiger partial charge < -0.3 is 4.57 Å². The summed E-state index contributed by atoms with van der Waals surface area (Å²) in [5.74, 6) is 2.84. The van der Waals surface area contributed by atoms with Gasteiger partial charge in [0, 0.05) is 44.2 Å². The van der Waals surface area contributed by atoms with Crippen LogP contribution in [0.4, 0.5) is 0 Å². The number of benzene rings is 9. The van der Waals surface area contributed by atoms with Crippen molar-refractivity contribution in [3.63, 3.8) is 0 Å². The molecule has 12 aromatic rings. The molecule has 0 atom stereocenters. The van der Waals surface area contributed by atoms with Crippen molar-refractivity contribution < 1.29 is 0 Å². The second-order valence-corrected chi connectivity index (χ2v) is 17.7. The van der Waals surface area contributed by atoms with Crippen LogP contribution in [0.2, 0.25) is 0 Å². The summed E-state index contributed by atoms with van der Waals surface area (Å²) in [6.07, 6.45) is 0. The molecule has 0 bridgehead atoms. The minimum atomic E-state index is 0.372. The van der Waals surface area contributed by atoms with E-state index < -0.39 is 0 Å². The molecule has 346 valence electrons. The normalized spacial score (nSPS) is 10.9. The molecule has 0 aliphatic heterocycles. The first-order valence-corrected chi connectivity index (χ1v) is 23.8. The molecule has 0 amide bonds. The Hall–Kier alpha value is -11.2. The Labute approximate surface area is 430 Å². The number of rotatable bonds is 9. The van der Waals surface area contributed by atoms with Crippen LogP contribution < -0.4 is 0 Å². The van der Waals surface area contributed by atoms with Crippen molar-refractivity contribution in [2.75, 3.05) is 0 Å². The molecule has 3 heterocycles. The van der Waals surface area contributed by atoms with E-state index in [-0.39, 0.29) is 0 Å². The fourth-order valence-electron chi connectivity index (χ4n) is 9.40. The van der Waals surface area contributed by atoms with Crippen molar-refractivity contribution in [1.29, 1.82) is 21.0 Å². The summed E-state index contributed by atoms with van der Waals surface area (Å²) >= 11 is 0. The number of hydrogen-bond donors (Lipinski definition) is 0. The first-order valence-electron chi connectivity index (χ1n) is 23.8. The van der Waals surface area contributed by atoms with Gasteiger partial charge in [0.25, 0.3) is 0 Å². The average Bonchev–Trinajstić information content (AvgIpc) is 3.88. The van der Waals surface area contributed by atoms with Crippen LogP contribution in [0.3, 0.4) is 0 Å². The van der Waals surface area contributed by atoms with E-state index in [0.29, 0.717) is 79.5 Å². The molecule has 0 saturated heterocycles. The molecule has 0 saturated carbocycles. The monoisotopic (exact) mass is 957 g/mol. The van der Waals surface area contributed by atoms with Crippen molar-refractivity contribution in [2.24, 2.45) is 0 Å². The van der Waals surface area contributed by atoms with Crippen LogP contribution in [-0.2, 0) is 0 Å². The zero-order chi connectivity index (χ0) is 50.8. The minimum absolute atomic E-state index is 0.372. The van der Waals surface area contributed by atoms with E-state index in [4.69, 9.17) is 29.9 Å². The molecule has 0 aliphatic carbocycles. The molecule has 0 fully saturated rings. The molecular formula is C64H35N11. The summed E-state index contributed by atoms with van der Waals surface area (Å²) in [6, 6.07) is 76.7. The molecular weight excluding hydrogens is 923 g/mol. The topological polar surface area (TPSA) is 177 Å². The highest BCUT2D eigenvalue weighted by atomic mass is 15.1. The second-order valence-electron chi connectivity index (χ2n) is 17.7. The Kier molecular flexibility index (Phi) is 11.5. The van der Waals surface area contributed by atoms with E-state index in [1.165, 1.54) is 0 Å². The lowest BCUT2D eigenvalue weighted by atomic mass is 9.97. The number of nitrogens with zero attached hydrogens (tertiary/aromatic N) is 11. The maximum absolute atomic E-state index is 9.96. The lowest BCUT2D eigenvalue weighted by Gasteiger charge is -2.16. The van der Waals surface area contributed by atoms with E-state index in [9.17, 15) is 21.0 Å². The third-order valence-electron chi connectivity index (χ3n) is 12.9. The van der Waals surface area contributed by atoms with Gasteiger partial charge >= 0.3 is 0 Å². The van der Waals surface area contributed by atoms with Crippen LogP contribution in [0, 0.1) is 45.3 Å². The van der Waals surface area contributed by atoms with Gasteiger partial charge in [0.15, 0.2) is 34.9 Å². The summed E-state index contributed by atoms with van der Waals surface area (Å²) < 4.78 is 2.18. The minimum Gasteiger partial charge on any atom is -0.308 e. The summed E-state index contributed by atoms with van der Waals surface area (Å²) in [7, 11) is 0. The van der Waals surface area contributed by atoms with Crippen molar-refractivity contribution in [3.05, 3.63) is 235 Å². The number of fused-ring (bicyclic) bond motifs is 3. The molecule has 0 unspecified atom stereocenters. The first kappa shape index (κ1) is 44.9. The molecule has 11 nitrogen and oxygen atoms in total. The number of hydrogen-bond acceptors (Lipinski definition) is 10. The zero-order valence-electron chi connectivity index (χ0n) is 39.6. The molecule has 0 aliphatic rings. The van der Waals surface area contributed by atoms with Crippen LogP contribution in [0.15, 0.2) is 212 Å². The van der Waals surface area contributed by atoms with Gasteiger partial charge in [0.1, 0.15) is 0 Å². The van der Waals surface area contributed by atoms with Crippen molar-refractivity contribution in [3.8, 4) is 121 Å². The molecule has 0 radical (unpaired) electrons. The second kappa shape index (κ2) is 19.2. The molecule has 0 N–H and O–H groups in total. The smallest absolute Gasteiger partial charge is 0.166 e. The van der Waals surface area contributed by atoms with Crippen LogP contribution in [0.25, 0.3) is 118 Å². The summed E-state index contributed by atoms with van der Waals surface area (Å²) in [6.45, 7) is 0. The van der Waals surface area contributed by atoms with E-state index in [2.05, 4.69) is 41.0 Å². The number of aromatic nitrogens is 7. The molecule has 75 heavy (non-hydrogen) atoms. The highest BCUT2D eigenvalue weighted by Gasteiger charge is 2.23. The highest BCUT2D eigenvalue weighted by molar-refractivity contribution is 6.12. The van der Waals surface area contributed by atoms with Crippen LogP contribution >= 0.6 is 0 Å². The Bertz CT molecular complexity index is 4080. The summed E-state index contributed by atoms with van der Waals surface area (Å²) in [5.41, 5.74) is 11.5. The van der Waals surface area contributed by atoms with Gasteiger partial charge in [0.2, 0.25) is 0 Å². The van der Waals surface area contributed by atoms with Crippen LogP contribution in [0.1, 0.15) is 22.3 Å². The largest absolute Gasteiger partial charge is 0.308 e. The molecule has 12 rings (SSSR count). The first-order chi connectivity index (χ1) is 36.9. The maximum atomic E-state index is 9.96. The Balaban J connectivity index is 1.16. The van der Waals surface area contributed by atoms with Gasteiger partial charge in [-0.05, 0) is 101 Å². The fraction of sp³-hybridized carbons (Fsp3) is 0. The SMILES string of the molecule is N#Cc1cc(C#N)cc(-c2ccc3c(c2)c2cc(-c4cc(C#N)cc(C#N)c4)ccc2n3-c2ccc(-c3nc(-c4ccccc4)nc(-c4ccccc4)n3)cc2-c2nc(-c3ccccc3)nc(-c3ccccc3)n2)c1.